The van der Waals surface area contributed by atoms with Gasteiger partial charge in [-0.3, -0.25) is 14.4 Å². The molecule has 0 unspecified atom stereocenters. The van der Waals surface area contributed by atoms with Crippen LogP contribution in [0.1, 0.15) is 67.9 Å². The summed E-state index contributed by atoms with van der Waals surface area (Å²) in [7, 11) is 0. The normalized spacial score (nSPS) is 23.4. The summed E-state index contributed by atoms with van der Waals surface area (Å²) in [5, 5.41) is 0. The highest BCUT2D eigenvalue weighted by Crippen LogP contribution is 2.32. The molecule has 1 aromatic heterocycles. The summed E-state index contributed by atoms with van der Waals surface area (Å²) in [6.07, 6.45) is 7.07. The van der Waals surface area contributed by atoms with Crippen molar-refractivity contribution in [3.8, 4) is 0 Å². The molecule has 1 aliphatic carbocycles. The van der Waals surface area contributed by atoms with Gasteiger partial charge in [0, 0.05) is 57.0 Å². The molecule has 1 saturated carbocycles. The second kappa shape index (κ2) is 8.73. The van der Waals surface area contributed by atoms with Crippen molar-refractivity contribution in [2.24, 2.45) is 11.8 Å². The van der Waals surface area contributed by atoms with Crippen molar-refractivity contribution in [1.29, 1.82) is 0 Å². The Labute approximate surface area is 182 Å². The SMILES string of the molecule is O=C(C1CCC1)N1CCC(c2nc3c(c(=O)[nH]2)CN(C(=O)C2CCOCC2)CC3)CC1. The van der Waals surface area contributed by atoms with Gasteiger partial charge in [0.2, 0.25) is 11.8 Å². The van der Waals surface area contributed by atoms with Gasteiger partial charge in [0.25, 0.3) is 5.56 Å². The van der Waals surface area contributed by atoms with Crippen molar-refractivity contribution >= 4 is 11.8 Å². The van der Waals surface area contributed by atoms with E-state index in [1.54, 1.807) is 0 Å². The maximum atomic E-state index is 12.9. The molecule has 31 heavy (non-hydrogen) atoms. The van der Waals surface area contributed by atoms with E-state index >= 15 is 0 Å². The fraction of sp³-hybridized carbons (Fsp3) is 0.739. The van der Waals surface area contributed by atoms with E-state index in [1.807, 2.05) is 9.80 Å². The molecule has 168 valence electrons. The lowest BCUT2D eigenvalue weighted by Crippen LogP contribution is -2.44. The molecule has 3 aliphatic heterocycles. The van der Waals surface area contributed by atoms with Crippen LogP contribution in [-0.2, 0) is 27.3 Å². The van der Waals surface area contributed by atoms with E-state index in [4.69, 9.17) is 9.72 Å². The average molecular weight is 429 g/mol. The largest absolute Gasteiger partial charge is 0.381 e. The standard InChI is InChI=1S/C23H32N4O4/c28-21-18-14-27(23(30)17-7-12-31-13-8-17)11-6-19(18)24-20(25-21)15-4-9-26(10-5-15)22(29)16-2-1-3-16/h15-17H,1-14H2,(H,24,25,28). The van der Waals surface area contributed by atoms with Gasteiger partial charge in [0.15, 0.2) is 0 Å². The number of H-pyrrole nitrogens is 1. The number of hydrogen-bond donors (Lipinski definition) is 1. The predicted molar refractivity (Wildman–Crippen MR) is 113 cm³/mol. The van der Waals surface area contributed by atoms with Crippen LogP contribution in [-0.4, -0.2) is 64.4 Å². The highest BCUT2D eigenvalue weighted by Gasteiger charge is 2.34. The van der Waals surface area contributed by atoms with Crippen LogP contribution in [0.3, 0.4) is 0 Å². The van der Waals surface area contributed by atoms with Crippen LogP contribution in [0.25, 0.3) is 0 Å². The Morgan fingerprint density at radius 3 is 2.26 bits per heavy atom. The summed E-state index contributed by atoms with van der Waals surface area (Å²) < 4.78 is 5.37. The number of ether oxygens (including phenoxy) is 1. The van der Waals surface area contributed by atoms with E-state index in [0.717, 1.165) is 63.1 Å². The molecular weight excluding hydrogens is 396 g/mol. The molecule has 0 radical (unpaired) electrons. The lowest BCUT2D eigenvalue weighted by Gasteiger charge is -2.36. The molecule has 3 fully saturated rings. The molecular formula is C23H32N4O4. The summed E-state index contributed by atoms with van der Waals surface area (Å²) in [4.78, 5) is 49.8. The minimum Gasteiger partial charge on any atom is -0.381 e. The minimum atomic E-state index is -0.113. The molecule has 2 amide bonds. The summed E-state index contributed by atoms with van der Waals surface area (Å²) >= 11 is 0. The zero-order valence-electron chi connectivity index (χ0n) is 18.1. The van der Waals surface area contributed by atoms with Crippen LogP contribution < -0.4 is 5.56 Å². The quantitative estimate of drug-likeness (QED) is 0.789. The number of nitrogens with one attached hydrogen (secondary N) is 1. The third-order valence-corrected chi connectivity index (χ3v) is 7.62. The molecule has 0 bridgehead atoms. The van der Waals surface area contributed by atoms with Crippen molar-refractivity contribution in [2.75, 3.05) is 32.8 Å². The van der Waals surface area contributed by atoms with Gasteiger partial charge >= 0.3 is 0 Å². The highest BCUT2D eigenvalue weighted by molar-refractivity contribution is 5.80. The summed E-state index contributed by atoms with van der Waals surface area (Å²) in [6, 6.07) is 0. The molecule has 1 aromatic rings. The van der Waals surface area contributed by atoms with Gasteiger partial charge < -0.3 is 19.5 Å². The van der Waals surface area contributed by atoms with Crippen molar-refractivity contribution in [1.82, 2.24) is 19.8 Å². The lowest BCUT2D eigenvalue weighted by molar-refractivity contribution is -0.140. The van der Waals surface area contributed by atoms with Crippen LogP contribution in [0.2, 0.25) is 0 Å². The number of aromatic nitrogens is 2. The highest BCUT2D eigenvalue weighted by atomic mass is 16.5. The number of carbonyl (C=O) groups excluding carboxylic acids is 2. The number of nitrogens with zero attached hydrogens (tertiary/aromatic N) is 3. The Kier molecular flexibility index (Phi) is 5.82. The molecule has 2 saturated heterocycles. The molecule has 0 spiro atoms. The molecule has 8 heteroatoms. The minimum absolute atomic E-state index is 0.00875. The van der Waals surface area contributed by atoms with Gasteiger partial charge in [-0.15, -0.1) is 0 Å². The second-order valence-electron chi connectivity index (χ2n) is 9.50. The number of rotatable bonds is 3. The second-order valence-corrected chi connectivity index (χ2v) is 9.50. The van der Waals surface area contributed by atoms with Crippen LogP contribution in [0.5, 0.6) is 0 Å². The number of likely N-dealkylation sites (tertiary alicyclic amines) is 1. The fourth-order valence-corrected chi connectivity index (χ4v) is 5.32. The maximum Gasteiger partial charge on any atom is 0.256 e. The zero-order valence-corrected chi connectivity index (χ0v) is 18.1. The number of amides is 2. The van der Waals surface area contributed by atoms with Gasteiger partial charge in [-0.05, 0) is 38.5 Å². The lowest BCUT2D eigenvalue weighted by atomic mass is 9.83. The first kappa shape index (κ1) is 20.7. The first-order valence-electron chi connectivity index (χ1n) is 11.9. The fourth-order valence-electron chi connectivity index (χ4n) is 5.32. The Morgan fingerprint density at radius 1 is 0.903 bits per heavy atom. The predicted octanol–water partition coefficient (Wildman–Crippen LogP) is 1.59. The van der Waals surface area contributed by atoms with Crippen molar-refractivity contribution < 1.29 is 14.3 Å². The van der Waals surface area contributed by atoms with Gasteiger partial charge in [-0.25, -0.2) is 4.98 Å². The van der Waals surface area contributed by atoms with Gasteiger partial charge in [-0.2, -0.15) is 0 Å². The van der Waals surface area contributed by atoms with E-state index in [-0.39, 0.29) is 29.2 Å². The number of aromatic amines is 1. The Hall–Kier alpha value is -2.22. The zero-order chi connectivity index (χ0) is 21.4. The van der Waals surface area contributed by atoms with E-state index in [0.29, 0.717) is 44.2 Å². The first-order chi connectivity index (χ1) is 15.1. The maximum absolute atomic E-state index is 12.9. The Morgan fingerprint density at radius 2 is 1.58 bits per heavy atom. The van der Waals surface area contributed by atoms with E-state index in [9.17, 15) is 14.4 Å². The Balaban J connectivity index is 1.23. The third kappa shape index (κ3) is 4.14. The van der Waals surface area contributed by atoms with Gasteiger partial charge in [0.1, 0.15) is 5.82 Å². The topological polar surface area (TPSA) is 95.6 Å². The number of piperidine rings is 1. The average Bonchev–Trinajstić information content (AvgIpc) is 2.78. The van der Waals surface area contributed by atoms with Crippen molar-refractivity contribution in [3.63, 3.8) is 0 Å². The number of hydrogen-bond acceptors (Lipinski definition) is 5. The molecule has 4 aliphatic rings. The summed E-state index contributed by atoms with van der Waals surface area (Å²) in [5.41, 5.74) is 1.35. The van der Waals surface area contributed by atoms with Crippen molar-refractivity contribution in [3.05, 3.63) is 27.4 Å². The summed E-state index contributed by atoms with van der Waals surface area (Å²) in [6.45, 7) is 3.73. The van der Waals surface area contributed by atoms with Gasteiger partial charge in [-0.1, -0.05) is 6.42 Å². The van der Waals surface area contributed by atoms with Crippen molar-refractivity contribution in [2.45, 2.75) is 63.8 Å². The first-order valence-corrected chi connectivity index (χ1v) is 11.9. The molecule has 1 N–H and O–H groups in total. The van der Waals surface area contributed by atoms with E-state index < -0.39 is 0 Å². The van der Waals surface area contributed by atoms with Crippen LogP contribution in [0.4, 0.5) is 0 Å². The van der Waals surface area contributed by atoms with E-state index in [2.05, 4.69) is 4.98 Å². The molecule has 4 heterocycles. The molecule has 8 nitrogen and oxygen atoms in total. The Bertz CT molecular complexity index is 895. The van der Waals surface area contributed by atoms with Crippen LogP contribution in [0, 0.1) is 11.8 Å². The third-order valence-electron chi connectivity index (χ3n) is 7.62. The van der Waals surface area contributed by atoms with Gasteiger partial charge in [0.05, 0.1) is 17.8 Å². The number of carbonyl (C=O) groups is 2. The molecule has 0 atom stereocenters. The van der Waals surface area contributed by atoms with Crippen LogP contribution in [0.15, 0.2) is 4.79 Å². The number of fused-ring (bicyclic) bond motifs is 1. The monoisotopic (exact) mass is 428 g/mol. The molecule has 5 rings (SSSR count). The summed E-state index contributed by atoms with van der Waals surface area (Å²) in [5.74, 6) is 1.64. The van der Waals surface area contributed by atoms with E-state index in [1.165, 1.54) is 6.42 Å². The molecule has 0 aromatic carbocycles. The smallest absolute Gasteiger partial charge is 0.256 e. The van der Waals surface area contributed by atoms with Crippen LogP contribution >= 0.6 is 0 Å².